The Morgan fingerprint density at radius 2 is 1.40 bits per heavy atom. The normalized spacial score (nSPS) is 4.80. The number of hydrogen-bond donors (Lipinski definition) is 0. The van der Waals surface area contributed by atoms with E-state index in [0.29, 0.717) is 0 Å². The average Bonchev–Trinajstić information content (AvgIpc) is 0.811. The standard InChI is InChI=1S/Cd.GeO3/c;2-1(3)4/q+2;-2. The summed E-state index contributed by atoms with van der Waals surface area (Å²) in [6, 6.07) is 0. The summed E-state index contributed by atoms with van der Waals surface area (Å²) in [5.41, 5.74) is 0. The summed E-state index contributed by atoms with van der Waals surface area (Å²) in [4.78, 5) is 0. The SMILES string of the molecule is [Cd+2].[O]=[Ge]([O-])[O-]. The van der Waals surface area contributed by atoms with Crippen LogP contribution in [0.5, 0.6) is 0 Å². The van der Waals surface area contributed by atoms with Gasteiger partial charge < -0.3 is 0 Å². The van der Waals surface area contributed by atoms with Crippen LogP contribution >= 0.6 is 0 Å². The minimum atomic E-state index is -4.08. The van der Waals surface area contributed by atoms with Crippen LogP contribution in [0.3, 0.4) is 0 Å². The average molecular weight is 233 g/mol. The molecule has 0 unspecified atom stereocenters. The van der Waals surface area contributed by atoms with Gasteiger partial charge in [-0.3, -0.25) is 0 Å². The predicted octanol–water partition coefficient (Wildman–Crippen LogP) is -2.88. The van der Waals surface area contributed by atoms with Crippen LogP contribution in [0.1, 0.15) is 0 Å². The van der Waals surface area contributed by atoms with E-state index in [1.807, 2.05) is 0 Å². The molecule has 0 saturated heterocycles. The van der Waals surface area contributed by atoms with Gasteiger partial charge in [-0.15, -0.1) is 0 Å². The summed E-state index contributed by atoms with van der Waals surface area (Å²) in [5.74, 6) is 0. The fourth-order valence-electron chi connectivity index (χ4n) is 0. The maximum atomic E-state index is 8.58. The van der Waals surface area contributed by atoms with E-state index in [-0.39, 0.29) is 27.3 Å². The summed E-state index contributed by atoms with van der Waals surface area (Å²) in [5, 5.41) is 0. The third-order valence-corrected chi connectivity index (χ3v) is 0. The zero-order chi connectivity index (χ0) is 3.58. The Hall–Kier alpha value is 0.865. The number of rotatable bonds is 0. The minimum absolute atomic E-state index is 0. The van der Waals surface area contributed by atoms with Crippen molar-refractivity contribution in [2.45, 2.75) is 0 Å². The molecule has 0 radical (unpaired) electrons. The van der Waals surface area contributed by atoms with Crippen LogP contribution in [0.4, 0.5) is 0 Å². The molecule has 0 aliphatic rings. The van der Waals surface area contributed by atoms with Crippen LogP contribution in [0.2, 0.25) is 0 Å². The number of hydrogen-bond acceptors (Lipinski definition) is 3. The maximum absolute atomic E-state index is 8.58. The van der Waals surface area contributed by atoms with Gasteiger partial charge in [-0.1, -0.05) is 0 Å². The molecule has 5 heavy (non-hydrogen) atoms. The van der Waals surface area contributed by atoms with Crippen molar-refractivity contribution in [1.82, 2.24) is 0 Å². The van der Waals surface area contributed by atoms with Crippen LogP contribution in [-0.4, -0.2) is 15.0 Å². The second-order valence-electron chi connectivity index (χ2n) is 0.250. The van der Waals surface area contributed by atoms with E-state index in [9.17, 15) is 0 Å². The van der Waals surface area contributed by atoms with E-state index >= 15 is 0 Å². The quantitative estimate of drug-likeness (QED) is 0.422. The van der Waals surface area contributed by atoms with Gasteiger partial charge in [-0.25, -0.2) is 0 Å². The van der Waals surface area contributed by atoms with Gasteiger partial charge >= 0.3 is 54.3 Å². The molecule has 0 bridgehead atoms. The molecule has 0 atom stereocenters. The molecule has 0 aromatic carbocycles. The van der Waals surface area contributed by atoms with Crippen molar-refractivity contribution in [1.29, 1.82) is 0 Å². The molecule has 0 aromatic heterocycles. The Morgan fingerprint density at radius 3 is 1.40 bits per heavy atom. The third-order valence-electron chi connectivity index (χ3n) is 0. The molecule has 5 heteroatoms. The summed E-state index contributed by atoms with van der Waals surface area (Å²) < 4.78 is 25.8. The predicted molar refractivity (Wildman–Crippen MR) is 6.44 cm³/mol. The van der Waals surface area contributed by atoms with E-state index < -0.39 is 15.0 Å². The molecule has 0 heterocycles. The van der Waals surface area contributed by atoms with Crippen molar-refractivity contribution in [3.63, 3.8) is 0 Å². The molecule has 0 rings (SSSR count). The monoisotopic (exact) mass is 236 g/mol. The molecule has 24 valence electrons. The van der Waals surface area contributed by atoms with Gasteiger partial charge in [-0.2, -0.15) is 0 Å². The Morgan fingerprint density at radius 1 is 1.40 bits per heavy atom. The molecule has 0 aromatic rings. The third kappa shape index (κ3) is 53.4. The second kappa shape index (κ2) is 4.86. The Kier molecular flexibility index (Phi) is 9.04. The molecular weight excluding hydrogens is 233 g/mol. The Bertz CT molecular complexity index is 29.9. The van der Waals surface area contributed by atoms with E-state index in [2.05, 4.69) is 0 Å². The molecule has 3 nitrogen and oxygen atoms in total. The van der Waals surface area contributed by atoms with Crippen molar-refractivity contribution in [2.75, 3.05) is 0 Å². The first-order valence-electron chi connectivity index (χ1n) is 0.612. The Labute approximate surface area is 54.2 Å². The second-order valence-corrected chi connectivity index (χ2v) is 1.30. The molecule has 0 amide bonds. The summed E-state index contributed by atoms with van der Waals surface area (Å²) in [6.45, 7) is 0. The van der Waals surface area contributed by atoms with E-state index in [1.165, 1.54) is 0 Å². The molecule has 0 aliphatic carbocycles. The fraction of sp³-hybridized carbons (Fsp3) is 0. The topological polar surface area (TPSA) is 63.2 Å². The first-order valence-corrected chi connectivity index (χ1v) is 3.18. The van der Waals surface area contributed by atoms with Crippen LogP contribution in [0.25, 0.3) is 0 Å². The molecule has 0 fully saturated rings. The van der Waals surface area contributed by atoms with Gasteiger partial charge in [0.15, 0.2) is 0 Å². The first kappa shape index (κ1) is 9.29. The van der Waals surface area contributed by atoms with Crippen LogP contribution in [0, 0.1) is 0 Å². The first-order chi connectivity index (χ1) is 1.73. The summed E-state index contributed by atoms with van der Waals surface area (Å²) >= 11 is -4.08. The summed E-state index contributed by atoms with van der Waals surface area (Å²) in [6.07, 6.45) is 0. The van der Waals surface area contributed by atoms with Gasteiger partial charge in [0.1, 0.15) is 0 Å². The molecule has 0 saturated carbocycles. The van der Waals surface area contributed by atoms with E-state index in [4.69, 9.17) is 12.0 Å². The van der Waals surface area contributed by atoms with Crippen molar-refractivity contribution in [3.8, 4) is 0 Å². The van der Waals surface area contributed by atoms with E-state index in [1.54, 1.807) is 0 Å². The zero-order valence-electron chi connectivity index (χ0n) is 2.43. The van der Waals surface area contributed by atoms with Crippen LogP contribution in [-0.2, 0) is 31.1 Å². The fourth-order valence-corrected chi connectivity index (χ4v) is 0. The van der Waals surface area contributed by atoms with Gasteiger partial charge in [-0.05, 0) is 0 Å². The molecule has 0 N–H and O–H groups in total. The van der Waals surface area contributed by atoms with Crippen molar-refractivity contribution < 1.29 is 39.3 Å². The van der Waals surface area contributed by atoms with Crippen molar-refractivity contribution in [2.24, 2.45) is 0 Å². The Balaban J connectivity index is 0. The van der Waals surface area contributed by atoms with Gasteiger partial charge in [0.25, 0.3) is 0 Å². The molecule has 0 aliphatic heterocycles. The zero-order valence-corrected chi connectivity index (χ0v) is 8.57. The van der Waals surface area contributed by atoms with Gasteiger partial charge in [0, 0.05) is 0 Å². The van der Waals surface area contributed by atoms with Gasteiger partial charge in [0.2, 0.25) is 0 Å². The molecule has 0 spiro atoms. The van der Waals surface area contributed by atoms with Crippen LogP contribution in [0.15, 0.2) is 0 Å². The molecular formula is CdGeO3. The van der Waals surface area contributed by atoms with Crippen molar-refractivity contribution >= 4 is 15.0 Å². The summed E-state index contributed by atoms with van der Waals surface area (Å²) in [7, 11) is 0. The van der Waals surface area contributed by atoms with Crippen molar-refractivity contribution in [3.05, 3.63) is 0 Å². The van der Waals surface area contributed by atoms with Crippen LogP contribution < -0.4 is 8.27 Å². The van der Waals surface area contributed by atoms with E-state index in [0.717, 1.165) is 0 Å². The van der Waals surface area contributed by atoms with Gasteiger partial charge in [0.05, 0.1) is 0 Å².